The molecule has 0 amide bonds. The number of nitrogens with one attached hydrogen (secondary N) is 1. The van der Waals surface area contributed by atoms with Gasteiger partial charge < -0.3 is 10.2 Å². The van der Waals surface area contributed by atoms with Gasteiger partial charge in [0.2, 0.25) is 0 Å². The van der Waals surface area contributed by atoms with Crippen LogP contribution in [0.4, 0.5) is 10.1 Å². The molecule has 2 aliphatic rings. The van der Waals surface area contributed by atoms with Crippen LogP contribution in [0.15, 0.2) is 18.2 Å². The second kappa shape index (κ2) is 5.41. The molecule has 1 aliphatic carbocycles. The Morgan fingerprint density at radius 2 is 2.00 bits per heavy atom. The van der Waals surface area contributed by atoms with Gasteiger partial charge in [-0.3, -0.25) is 0 Å². The van der Waals surface area contributed by atoms with Crippen molar-refractivity contribution in [2.75, 3.05) is 24.5 Å². The standard InChI is InChI=1S/C16H20FN3/c17-14-8-13(11-18)9-15(10-14)20-7-6-19-12-16(20)4-2-1-3-5-16/h8-10,19H,1-7,12H2. The zero-order valence-corrected chi connectivity index (χ0v) is 11.7. The zero-order valence-electron chi connectivity index (χ0n) is 11.7. The van der Waals surface area contributed by atoms with Crippen molar-refractivity contribution in [3.8, 4) is 6.07 Å². The Hall–Kier alpha value is -1.60. The highest BCUT2D eigenvalue weighted by atomic mass is 19.1. The van der Waals surface area contributed by atoms with Gasteiger partial charge in [-0.25, -0.2) is 4.39 Å². The molecular weight excluding hydrogens is 253 g/mol. The van der Waals surface area contributed by atoms with Gasteiger partial charge in [0.1, 0.15) is 5.82 Å². The highest BCUT2D eigenvalue weighted by molar-refractivity contribution is 5.54. The van der Waals surface area contributed by atoms with Crippen LogP contribution in [0.5, 0.6) is 0 Å². The van der Waals surface area contributed by atoms with Gasteiger partial charge in [-0.2, -0.15) is 5.26 Å². The Morgan fingerprint density at radius 3 is 2.75 bits per heavy atom. The van der Waals surface area contributed by atoms with Crippen molar-refractivity contribution < 1.29 is 4.39 Å². The SMILES string of the molecule is N#Cc1cc(F)cc(N2CCNCC23CCCCC3)c1. The van der Waals surface area contributed by atoms with Crippen molar-refractivity contribution in [1.29, 1.82) is 5.26 Å². The Morgan fingerprint density at radius 1 is 1.20 bits per heavy atom. The Bertz CT molecular complexity index is 521. The molecule has 4 heteroatoms. The molecule has 0 aromatic heterocycles. The molecule has 1 saturated heterocycles. The van der Waals surface area contributed by atoms with E-state index in [-0.39, 0.29) is 11.4 Å². The van der Waals surface area contributed by atoms with Gasteiger partial charge in [-0.1, -0.05) is 19.3 Å². The van der Waals surface area contributed by atoms with Crippen LogP contribution in [0.1, 0.15) is 37.7 Å². The number of nitriles is 1. The normalized spacial score (nSPS) is 21.7. The molecule has 1 heterocycles. The summed E-state index contributed by atoms with van der Waals surface area (Å²) in [5.74, 6) is -0.316. The summed E-state index contributed by atoms with van der Waals surface area (Å²) in [5.41, 5.74) is 1.38. The summed E-state index contributed by atoms with van der Waals surface area (Å²) in [6.45, 7) is 2.76. The lowest BCUT2D eigenvalue weighted by molar-refractivity contribution is 0.241. The molecule has 1 N–H and O–H groups in total. The van der Waals surface area contributed by atoms with Gasteiger partial charge in [-0.05, 0) is 31.0 Å². The fraction of sp³-hybridized carbons (Fsp3) is 0.562. The van der Waals surface area contributed by atoms with Crippen molar-refractivity contribution >= 4 is 5.69 Å². The Kier molecular flexibility index (Phi) is 3.62. The quantitative estimate of drug-likeness (QED) is 0.855. The fourth-order valence-electron chi connectivity index (χ4n) is 3.70. The lowest BCUT2D eigenvalue weighted by Gasteiger charge is -2.51. The first-order valence-corrected chi connectivity index (χ1v) is 7.43. The van der Waals surface area contributed by atoms with E-state index in [1.54, 1.807) is 6.07 Å². The van der Waals surface area contributed by atoms with Crippen LogP contribution < -0.4 is 10.2 Å². The molecular formula is C16H20FN3. The number of nitrogens with zero attached hydrogens (tertiary/aromatic N) is 2. The lowest BCUT2D eigenvalue weighted by Crippen LogP contribution is -2.62. The first-order chi connectivity index (χ1) is 9.73. The van der Waals surface area contributed by atoms with Crippen molar-refractivity contribution in [2.24, 2.45) is 0 Å². The summed E-state index contributed by atoms with van der Waals surface area (Å²) in [5, 5.41) is 12.5. The van der Waals surface area contributed by atoms with Crippen LogP contribution in [0.2, 0.25) is 0 Å². The molecule has 0 bridgehead atoms. The van der Waals surface area contributed by atoms with E-state index in [0.29, 0.717) is 5.56 Å². The predicted molar refractivity (Wildman–Crippen MR) is 77.1 cm³/mol. The summed E-state index contributed by atoms with van der Waals surface area (Å²) in [6.07, 6.45) is 6.07. The van der Waals surface area contributed by atoms with Crippen molar-refractivity contribution in [2.45, 2.75) is 37.6 Å². The van der Waals surface area contributed by atoms with Gasteiger partial charge >= 0.3 is 0 Å². The highest BCUT2D eigenvalue weighted by Gasteiger charge is 2.39. The molecule has 1 spiro atoms. The third kappa shape index (κ3) is 2.38. The van der Waals surface area contributed by atoms with E-state index in [1.807, 2.05) is 6.07 Å². The van der Waals surface area contributed by atoms with Crippen molar-refractivity contribution in [1.82, 2.24) is 5.32 Å². The molecule has 2 fully saturated rings. The van der Waals surface area contributed by atoms with E-state index in [9.17, 15) is 4.39 Å². The Labute approximate surface area is 119 Å². The number of rotatable bonds is 1. The first-order valence-electron chi connectivity index (χ1n) is 7.43. The fourth-order valence-corrected chi connectivity index (χ4v) is 3.70. The molecule has 0 unspecified atom stereocenters. The zero-order chi connectivity index (χ0) is 14.0. The summed E-state index contributed by atoms with van der Waals surface area (Å²) in [6, 6.07) is 6.76. The van der Waals surface area contributed by atoms with Gasteiger partial charge in [0.25, 0.3) is 0 Å². The predicted octanol–water partition coefficient (Wildman–Crippen LogP) is 2.81. The molecule has 3 rings (SSSR count). The summed E-state index contributed by atoms with van der Waals surface area (Å²) in [7, 11) is 0. The maximum Gasteiger partial charge on any atom is 0.126 e. The minimum atomic E-state index is -0.316. The molecule has 1 aromatic rings. The first kappa shape index (κ1) is 13.4. The van der Waals surface area contributed by atoms with E-state index in [4.69, 9.17) is 5.26 Å². The molecule has 1 saturated carbocycles. The van der Waals surface area contributed by atoms with Crippen LogP contribution >= 0.6 is 0 Å². The van der Waals surface area contributed by atoms with Crippen molar-refractivity contribution in [3.63, 3.8) is 0 Å². The third-order valence-corrected chi connectivity index (χ3v) is 4.65. The number of piperazine rings is 1. The minimum absolute atomic E-state index is 0.108. The lowest BCUT2D eigenvalue weighted by atomic mass is 9.78. The van der Waals surface area contributed by atoms with Gasteiger partial charge in [0, 0.05) is 25.3 Å². The van der Waals surface area contributed by atoms with E-state index >= 15 is 0 Å². The van der Waals surface area contributed by atoms with Gasteiger partial charge in [0.15, 0.2) is 0 Å². The summed E-state index contributed by atoms with van der Waals surface area (Å²) >= 11 is 0. The van der Waals surface area contributed by atoms with E-state index in [2.05, 4.69) is 16.3 Å². The molecule has 20 heavy (non-hydrogen) atoms. The van der Waals surface area contributed by atoms with Gasteiger partial charge in [0.05, 0.1) is 17.2 Å². The van der Waals surface area contributed by atoms with Crippen molar-refractivity contribution in [3.05, 3.63) is 29.6 Å². The largest absolute Gasteiger partial charge is 0.363 e. The summed E-state index contributed by atoms with van der Waals surface area (Å²) < 4.78 is 13.7. The number of halogens is 1. The second-order valence-electron chi connectivity index (χ2n) is 5.92. The number of benzene rings is 1. The number of hydrogen-bond acceptors (Lipinski definition) is 3. The van der Waals surface area contributed by atoms with Crippen LogP contribution in [-0.2, 0) is 0 Å². The Balaban J connectivity index is 1.97. The number of hydrogen-bond donors (Lipinski definition) is 1. The van der Waals surface area contributed by atoms with E-state index in [0.717, 1.165) is 38.2 Å². The molecule has 0 radical (unpaired) electrons. The monoisotopic (exact) mass is 273 g/mol. The van der Waals surface area contributed by atoms with Gasteiger partial charge in [-0.15, -0.1) is 0 Å². The highest BCUT2D eigenvalue weighted by Crippen LogP contribution is 2.38. The topological polar surface area (TPSA) is 39.1 Å². The molecule has 3 nitrogen and oxygen atoms in total. The molecule has 0 atom stereocenters. The average Bonchev–Trinajstić information content (AvgIpc) is 2.48. The summed E-state index contributed by atoms with van der Waals surface area (Å²) in [4.78, 5) is 2.34. The van der Waals surface area contributed by atoms with E-state index < -0.39 is 0 Å². The smallest absolute Gasteiger partial charge is 0.126 e. The maximum absolute atomic E-state index is 13.7. The van der Waals surface area contributed by atoms with Crippen LogP contribution in [0.25, 0.3) is 0 Å². The van der Waals surface area contributed by atoms with Crippen LogP contribution in [-0.4, -0.2) is 25.2 Å². The van der Waals surface area contributed by atoms with Crippen LogP contribution in [0.3, 0.4) is 0 Å². The third-order valence-electron chi connectivity index (χ3n) is 4.65. The molecule has 1 aromatic carbocycles. The van der Waals surface area contributed by atoms with E-state index in [1.165, 1.54) is 25.3 Å². The number of anilines is 1. The molecule has 106 valence electrons. The molecule has 1 aliphatic heterocycles. The minimum Gasteiger partial charge on any atom is -0.363 e. The maximum atomic E-state index is 13.7. The van der Waals surface area contributed by atoms with Crippen LogP contribution in [0, 0.1) is 17.1 Å². The second-order valence-corrected chi connectivity index (χ2v) is 5.92. The average molecular weight is 273 g/mol.